The zero-order valence-electron chi connectivity index (χ0n) is 13.8. The van der Waals surface area contributed by atoms with Crippen molar-refractivity contribution in [2.45, 2.75) is 25.2 Å². The molecular weight excluding hydrogens is 325 g/mol. The summed E-state index contributed by atoms with van der Waals surface area (Å²) in [5.41, 5.74) is 0.936. The molecule has 2 N–H and O–H groups in total. The monoisotopic (exact) mass is 345 g/mol. The number of carboxylic acid groups (broad SMARTS) is 1. The fourth-order valence-corrected chi connectivity index (χ4v) is 3.53. The van der Waals surface area contributed by atoms with Crippen molar-refractivity contribution < 1.29 is 14.3 Å². The molecule has 0 bridgehead atoms. The number of hydrogen-bond donors (Lipinski definition) is 2. The zero-order chi connectivity index (χ0) is 17.6. The van der Waals surface area contributed by atoms with Crippen LogP contribution >= 0.6 is 0 Å². The van der Waals surface area contributed by atoms with Gasteiger partial charge in [0.15, 0.2) is 5.82 Å². The Bertz CT molecular complexity index is 897. The van der Waals surface area contributed by atoms with E-state index in [0.29, 0.717) is 17.7 Å². The van der Waals surface area contributed by atoms with E-state index in [4.69, 9.17) is 0 Å². The first-order valence-corrected chi connectivity index (χ1v) is 8.64. The second kappa shape index (κ2) is 6.15. The fourth-order valence-electron chi connectivity index (χ4n) is 3.53. The average Bonchev–Trinajstić information content (AvgIpc) is 3.42. The van der Waals surface area contributed by atoms with Crippen LogP contribution in [-0.4, -0.2) is 41.7 Å². The molecular formula is C18H20FN3O3. The molecule has 7 heteroatoms. The predicted molar refractivity (Wildman–Crippen MR) is 92.3 cm³/mol. The van der Waals surface area contributed by atoms with Gasteiger partial charge in [0, 0.05) is 19.6 Å². The van der Waals surface area contributed by atoms with Crippen molar-refractivity contribution >= 4 is 17.2 Å². The van der Waals surface area contributed by atoms with E-state index in [2.05, 4.69) is 5.32 Å². The Kier molecular flexibility index (Phi) is 3.95. The number of carbonyl (C=O) groups is 1. The van der Waals surface area contributed by atoms with Crippen LogP contribution in [0.3, 0.4) is 0 Å². The number of nitrogens with one attached hydrogen (secondary N) is 1. The Morgan fingerprint density at radius 3 is 2.76 bits per heavy atom. The van der Waals surface area contributed by atoms with Gasteiger partial charge in [-0.25, -0.2) is 9.18 Å². The molecule has 1 saturated carbocycles. The summed E-state index contributed by atoms with van der Waals surface area (Å²) in [4.78, 5) is 25.8. The van der Waals surface area contributed by atoms with E-state index in [-0.39, 0.29) is 11.5 Å². The first-order chi connectivity index (χ1) is 12.1. The van der Waals surface area contributed by atoms with Crippen molar-refractivity contribution in [2.24, 2.45) is 0 Å². The van der Waals surface area contributed by atoms with E-state index in [1.807, 2.05) is 4.90 Å². The lowest BCUT2D eigenvalue weighted by Crippen LogP contribution is -2.29. The van der Waals surface area contributed by atoms with Crippen molar-refractivity contribution in [3.63, 3.8) is 0 Å². The second-order valence-corrected chi connectivity index (χ2v) is 6.75. The van der Waals surface area contributed by atoms with Gasteiger partial charge in [-0.3, -0.25) is 9.20 Å². The average molecular weight is 345 g/mol. The topological polar surface area (TPSA) is 74.1 Å². The number of aromatic carboxylic acids is 1. The van der Waals surface area contributed by atoms with Gasteiger partial charge in [0.05, 0.1) is 17.4 Å². The first-order valence-electron chi connectivity index (χ1n) is 8.64. The maximum atomic E-state index is 14.7. The molecule has 2 aliphatic rings. The Hall–Kier alpha value is -2.41. The van der Waals surface area contributed by atoms with Gasteiger partial charge in [0.1, 0.15) is 5.56 Å². The number of rotatable bonds is 3. The summed E-state index contributed by atoms with van der Waals surface area (Å²) in [6.45, 7) is 3.13. The number of nitrogens with zero attached hydrogens (tertiary/aromatic N) is 2. The van der Waals surface area contributed by atoms with E-state index in [1.54, 1.807) is 6.07 Å². The predicted octanol–water partition coefficient (Wildman–Crippen LogP) is 1.81. The molecule has 0 radical (unpaired) electrons. The van der Waals surface area contributed by atoms with Gasteiger partial charge < -0.3 is 15.3 Å². The molecule has 6 nitrogen and oxygen atoms in total. The summed E-state index contributed by atoms with van der Waals surface area (Å²) in [5.74, 6) is -1.53. The third-order valence-electron chi connectivity index (χ3n) is 4.99. The van der Waals surface area contributed by atoms with Crippen molar-refractivity contribution in [3.8, 4) is 0 Å². The molecule has 0 aromatic carbocycles. The molecule has 2 aromatic heterocycles. The summed E-state index contributed by atoms with van der Waals surface area (Å²) < 4.78 is 15.9. The van der Waals surface area contributed by atoms with E-state index in [1.165, 1.54) is 6.07 Å². The van der Waals surface area contributed by atoms with E-state index in [0.717, 1.165) is 55.1 Å². The normalized spacial score (nSPS) is 18.4. The minimum atomic E-state index is -1.27. The third-order valence-corrected chi connectivity index (χ3v) is 4.99. The number of fused-ring (bicyclic) bond motifs is 1. The molecule has 0 unspecified atom stereocenters. The summed E-state index contributed by atoms with van der Waals surface area (Å²) in [6.07, 6.45) is 4.00. The van der Waals surface area contributed by atoms with Crippen LogP contribution in [0.4, 0.5) is 10.1 Å². The van der Waals surface area contributed by atoms with Crippen LogP contribution in [0.1, 0.15) is 41.1 Å². The van der Waals surface area contributed by atoms with Gasteiger partial charge >= 0.3 is 5.97 Å². The summed E-state index contributed by atoms with van der Waals surface area (Å²) >= 11 is 0. The van der Waals surface area contributed by atoms with Crippen LogP contribution in [0, 0.1) is 5.82 Å². The van der Waals surface area contributed by atoms with Gasteiger partial charge in [-0.2, -0.15) is 0 Å². The highest BCUT2D eigenvalue weighted by Crippen LogP contribution is 2.42. The summed E-state index contributed by atoms with van der Waals surface area (Å²) in [7, 11) is 0. The number of pyridine rings is 2. The molecule has 132 valence electrons. The van der Waals surface area contributed by atoms with Crippen molar-refractivity contribution in [3.05, 3.63) is 45.6 Å². The Morgan fingerprint density at radius 2 is 2.04 bits per heavy atom. The summed E-state index contributed by atoms with van der Waals surface area (Å²) in [5, 5.41) is 12.6. The number of halogens is 1. The number of hydrogen-bond acceptors (Lipinski definition) is 4. The lowest BCUT2D eigenvalue weighted by atomic mass is 10.1. The van der Waals surface area contributed by atoms with E-state index >= 15 is 0 Å². The van der Waals surface area contributed by atoms with E-state index in [9.17, 15) is 19.1 Å². The Balaban J connectivity index is 1.92. The minimum absolute atomic E-state index is 0.248. The highest BCUT2D eigenvalue weighted by molar-refractivity contribution is 5.88. The molecule has 0 spiro atoms. The fraction of sp³-hybridized carbons (Fsp3) is 0.444. The van der Waals surface area contributed by atoms with Crippen molar-refractivity contribution in [2.75, 3.05) is 31.1 Å². The number of aromatic nitrogens is 1. The molecule has 0 atom stereocenters. The third kappa shape index (κ3) is 2.89. The highest BCUT2D eigenvalue weighted by atomic mass is 19.1. The van der Waals surface area contributed by atoms with Crippen molar-refractivity contribution in [1.29, 1.82) is 0 Å². The standard InChI is InChI=1S/C18H20FN3O3/c19-14-10-22-15(9-16(14)21-6-1-4-20-5-7-21)12(11-2-3-11)8-13(17(22)23)18(24)25/h8-11,20H,1-7H2,(H,24,25). The van der Waals surface area contributed by atoms with Gasteiger partial charge in [0.25, 0.3) is 5.56 Å². The van der Waals surface area contributed by atoms with Crippen LogP contribution in [-0.2, 0) is 0 Å². The summed E-state index contributed by atoms with van der Waals surface area (Å²) in [6, 6.07) is 3.19. The van der Waals surface area contributed by atoms with Crippen LogP contribution < -0.4 is 15.8 Å². The molecule has 4 rings (SSSR count). The van der Waals surface area contributed by atoms with Crippen LogP contribution in [0.2, 0.25) is 0 Å². The second-order valence-electron chi connectivity index (χ2n) is 6.75. The zero-order valence-corrected chi connectivity index (χ0v) is 13.8. The smallest absolute Gasteiger partial charge is 0.341 e. The highest BCUT2D eigenvalue weighted by Gasteiger charge is 2.29. The Labute approximate surface area is 143 Å². The number of carboxylic acids is 1. The van der Waals surface area contributed by atoms with Gasteiger partial charge in [-0.15, -0.1) is 0 Å². The number of anilines is 1. The molecule has 1 saturated heterocycles. The van der Waals surface area contributed by atoms with E-state index < -0.39 is 17.3 Å². The molecule has 2 fully saturated rings. The van der Waals surface area contributed by atoms with Crippen LogP contribution in [0.5, 0.6) is 0 Å². The lowest BCUT2D eigenvalue weighted by Gasteiger charge is -2.24. The minimum Gasteiger partial charge on any atom is -0.477 e. The largest absolute Gasteiger partial charge is 0.477 e. The molecule has 1 aliphatic carbocycles. The lowest BCUT2D eigenvalue weighted by molar-refractivity contribution is 0.0694. The molecule has 25 heavy (non-hydrogen) atoms. The maximum absolute atomic E-state index is 14.7. The van der Waals surface area contributed by atoms with Crippen molar-refractivity contribution in [1.82, 2.24) is 9.72 Å². The van der Waals surface area contributed by atoms with Gasteiger partial charge in [-0.1, -0.05) is 0 Å². The van der Waals surface area contributed by atoms with Gasteiger partial charge in [-0.05, 0) is 49.4 Å². The molecule has 3 heterocycles. The molecule has 1 aliphatic heterocycles. The first kappa shape index (κ1) is 16.1. The molecule has 2 aromatic rings. The SMILES string of the molecule is O=C(O)c1cc(C2CC2)c2cc(N3CCCNCC3)c(F)cn2c1=O. The van der Waals surface area contributed by atoms with Gasteiger partial charge in [0.2, 0.25) is 0 Å². The quantitative estimate of drug-likeness (QED) is 0.888. The van der Waals surface area contributed by atoms with Crippen LogP contribution in [0.15, 0.2) is 23.1 Å². The Morgan fingerprint density at radius 1 is 1.24 bits per heavy atom. The molecule has 0 amide bonds. The van der Waals surface area contributed by atoms with Crippen LogP contribution in [0.25, 0.3) is 5.52 Å². The maximum Gasteiger partial charge on any atom is 0.341 e.